The van der Waals surface area contributed by atoms with E-state index in [0.29, 0.717) is 6.54 Å². The molecule has 2 rings (SSSR count). The minimum atomic E-state index is -3.94. The Bertz CT molecular complexity index is 886. The van der Waals surface area contributed by atoms with Crippen LogP contribution < -0.4 is 10.0 Å². The Morgan fingerprint density at radius 1 is 1.07 bits per heavy atom. The fourth-order valence-corrected chi connectivity index (χ4v) is 3.71. The number of carbonyl (C=O) groups is 1. The maximum atomic E-state index is 13.0. The summed E-state index contributed by atoms with van der Waals surface area (Å²) in [6.07, 6.45) is 4.06. The molecule has 0 aliphatic carbocycles. The second kappa shape index (κ2) is 9.71. The van der Waals surface area contributed by atoms with Gasteiger partial charge >= 0.3 is 0 Å². The van der Waals surface area contributed by atoms with Gasteiger partial charge in [-0.1, -0.05) is 37.8 Å². The Morgan fingerprint density at radius 2 is 1.78 bits per heavy atom. The van der Waals surface area contributed by atoms with Crippen LogP contribution in [0, 0.1) is 5.82 Å². The van der Waals surface area contributed by atoms with Crippen LogP contribution in [0.3, 0.4) is 0 Å². The molecule has 2 aromatic rings. The highest BCUT2D eigenvalue weighted by atomic mass is 35.5. The van der Waals surface area contributed by atoms with Crippen molar-refractivity contribution in [2.75, 3.05) is 11.3 Å². The third-order valence-electron chi connectivity index (χ3n) is 3.91. The SMILES string of the molecule is CCCCCCNC(=O)c1cc(S(=O)(=O)Nc2ccc(F)cc2)ccc1Cl. The minimum absolute atomic E-state index is 0.0918. The highest BCUT2D eigenvalue weighted by molar-refractivity contribution is 7.92. The summed E-state index contributed by atoms with van der Waals surface area (Å²) in [6, 6.07) is 8.84. The summed E-state index contributed by atoms with van der Waals surface area (Å²) in [7, 11) is -3.94. The lowest BCUT2D eigenvalue weighted by Gasteiger charge is -2.11. The van der Waals surface area contributed by atoms with Gasteiger partial charge in [-0.05, 0) is 48.9 Å². The molecule has 0 aliphatic heterocycles. The van der Waals surface area contributed by atoms with Crippen molar-refractivity contribution in [3.8, 4) is 0 Å². The summed E-state index contributed by atoms with van der Waals surface area (Å²) >= 11 is 6.06. The zero-order valence-electron chi connectivity index (χ0n) is 15.0. The predicted octanol–water partition coefficient (Wildman–Crippen LogP) is 4.59. The molecule has 0 atom stereocenters. The Labute approximate surface area is 164 Å². The molecule has 0 fully saturated rings. The molecule has 0 aliphatic rings. The highest BCUT2D eigenvalue weighted by Crippen LogP contribution is 2.22. The van der Waals surface area contributed by atoms with Gasteiger partial charge in [0.2, 0.25) is 0 Å². The van der Waals surface area contributed by atoms with E-state index in [0.717, 1.165) is 37.8 Å². The van der Waals surface area contributed by atoms with Crippen LogP contribution in [0.4, 0.5) is 10.1 Å². The molecule has 1 amide bonds. The van der Waals surface area contributed by atoms with Crippen molar-refractivity contribution in [3.05, 3.63) is 58.9 Å². The molecule has 2 N–H and O–H groups in total. The number of hydrogen-bond donors (Lipinski definition) is 2. The number of anilines is 1. The van der Waals surface area contributed by atoms with Gasteiger partial charge in [0.25, 0.3) is 15.9 Å². The topological polar surface area (TPSA) is 75.3 Å². The smallest absolute Gasteiger partial charge is 0.261 e. The van der Waals surface area contributed by atoms with Crippen molar-refractivity contribution in [2.45, 2.75) is 37.5 Å². The Balaban J connectivity index is 2.12. The van der Waals surface area contributed by atoms with E-state index in [9.17, 15) is 17.6 Å². The van der Waals surface area contributed by atoms with Crippen molar-refractivity contribution >= 4 is 33.2 Å². The van der Waals surface area contributed by atoms with Crippen molar-refractivity contribution in [1.82, 2.24) is 5.32 Å². The lowest BCUT2D eigenvalue weighted by molar-refractivity contribution is 0.0953. The molecular weight excluding hydrogens is 391 g/mol. The standard InChI is InChI=1S/C19H22ClFN2O3S/c1-2-3-4-5-12-22-19(24)17-13-16(10-11-18(17)20)27(25,26)23-15-8-6-14(21)7-9-15/h6-11,13,23H,2-5,12H2,1H3,(H,22,24). The van der Waals surface area contributed by atoms with Crippen LogP contribution in [0.25, 0.3) is 0 Å². The van der Waals surface area contributed by atoms with Gasteiger partial charge in [-0.2, -0.15) is 0 Å². The molecular formula is C19H22ClFN2O3S. The predicted molar refractivity (Wildman–Crippen MR) is 105 cm³/mol. The monoisotopic (exact) mass is 412 g/mol. The van der Waals surface area contributed by atoms with E-state index in [2.05, 4.69) is 17.0 Å². The number of nitrogens with one attached hydrogen (secondary N) is 2. The summed E-state index contributed by atoms with van der Waals surface area (Å²) in [5.74, 6) is -0.891. The maximum absolute atomic E-state index is 13.0. The first kappa shape index (κ1) is 21.2. The number of carbonyl (C=O) groups excluding carboxylic acids is 1. The second-order valence-electron chi connectivity index (χ2n) is 6.07. The van der Waals surface area contributed by atoms with Gasteiger partial charge in [0, 0.05) is 12.2 Å². The molecule has 146 valence electrons. The minimum Gasteiger partial charge on any atom is -0.352 e. The van der Waals surface area contributed by atoms with Crippen LogP contribution in [0.5, 0.6) is 0 Å². The number of unbranched alkanes of at least 4 members (excludes halogenated alkanes) is 3. The first-order valence-corrected chi connectivity index (χ1v) is 10.6. The van der Waals surface area contributed by atoms with E-state index < -0.39 is 21.7 Å². The quantitative estimate of drug-likeness (QED) is 0.591. The molecule has 0 heterocycles. The van der Waals surface area contributed by atoms with Crippen LogP contribution in [-0.4, -0.2) is 20.9 Å². The lowest BCUT2D eigenvalue weighted by atomic mass is 10.2. The van der Waals surface area contributed by atoms with Crippen LogP contribution in [-0.2, 0) is 10.0 Å². The average molecular weight is 413 g/mol. The van der Waals surface area contributed by atoms with Gasteiger partial charge in [0.05, 0.1) is 15.5 Å². The molecule has 0 saturated heterocycles. The van der Waals surface area contributed by atoms with Crippen LogP contribution in [0.15, 0.2) is 47.4 Å². The van der Waals surface area contributed by atoms with Gasteiger partial charge in [0.1, 0.15) is 5.82 Å². The summed E-state index contributed by atoms with van der Waals surface area (Å²) in [6.45, 7) is 2.60. The summed E-state index contributed by atoms with van der Waals surface area (Å²) in [4.78, 5) is 12.2. The second-order valence-corrected chi connectivity index (χ2v) is 8.16. The van der Waals surface area contributed by atoms with Crippen LogP contribution in [0.1, 0.15) is 43.0 Å². The average Bonchev–Trinajstić information content (AvgIpc) is 2.63. The third kappa shape index (κ3) is 6.22. The Hall–Kier alpha value is -2.12. The molecule has 2 aromatic carbocycles. The van der Waals surface area contributed by atoms with Crippen LogP contribution in [0.2, 0.25) is 5.02 Å². The number of rotatable bonds is 9. The van der Waals surface area contributed by atoms with Gasteiger partial charge in [-0.3, -0.25) is 9.52 Å². The number of sulfonamides is 1. The largest absolute Gasteiger partial charge is 0.352 e. The Kier molecular flexibility index (Phi) is 7.62. The van der Waals surface area contributed by atoms with Gasteiger partial charge < -0.3 is 5.32 Å². The van der Waals surface area contributed by atoms with Gasteiger partial charge in [-0.25, -0.2) is 12.8 Å². The van der Waals surface area contributed by atoms with Crippen LogP contribution >= 0.6 is 11.6 Å². The normalized spacial score (nSPS) is 11.2. The molecule has 0 bridgehead atoms. The maximum Gasteiger partial charge on any atom is 0.261 e. The number of benzene rings is 2. The molecule has 27 heavy (non-hydrogen) atoms. The van der Waals surface area contributed by atoms with Crippen molar-refractivity contribution in [2.24, 2.45) is 0 Å². The van der Waals surface area contributed by atoms with E-state index in [-0.39, 0.29) is 21.2 Å². The van der Waals surface area contributed by atoms with E-state index >= 15 is 0 Å². The Morgan fingerprint density at radius 3 is 2.44 bits per heavy atom. The van der Waals surface area contributed by atoms with Gasteiger partial charge in [-0.15, -0.1) is 0 Å². The zero-order valence-corrected chi connectivity index (χ0v) is 16.5. The van der Waals surface area contributed by atoms with Crippen molar-refractivity contribution < 1.29 is 17.6 Å². The molecule has 0 unspecified atom stereocenters. The fourth-order valence-electron chi connectivity index (χ4n) is 2.43. The van der Waals surface area contributed by atoms with Crippen molar-refractivity contribution in [1.29, 1.82) is 0 Å². The summed E-state index contributed by atoms with van der Waals surface area (Å²) in [5, 5.41) is 2.92. The molecule has 8 heteroatoms. The molecule has 0 aromatic heterocycles. The third-order valence-corrected chi connectivity index (χ3v) is 5.61. The molecule has 0 saturated carbocycles. The first-order valence-electron chi connectivity index (χ1n) is 8.69. The lowest BCUT2D eigenvalue weighted by Crippen LogP contribution is -2.25. The van der Waals surface area contributed by atoms with Gasteiger partial charge in [0.15, 0.2) is 0 Å². The number of halogens is 2. The van der Waals surface area contributed by atoms with E-state index in [1.807, 2.05) is 0 Å². The van der Waals surface area contributed by atoms with E-state index in [4.69, 9.17) is 11.6 Å². The molecule has 5 nitrogen and oxygen atoms in total. The summed E-state index contributed by atoms with van der Waals surface area (Å²) < 4.78 is 40.4. The molecule has 0 spiro atoms. The fraction of sp³-hybridized carbons (Fsp3) is 0.316. The summed E-state index contributed by atoms with van der Waals surface area (Å²) in [5.41, 5.74) is 0.308. The zero-order chi connectivity index (χ0) is 19.9. The first-order chi connectivity index (χ1) is 12.8. The molecule has 0 radical (unpaired) electrons. The van der Waals surface area contributed by atoms with E-state index in [1.165, 1.54) is 30.3 Å². The number of amides is 1. The number of hydrogen-bond acceptors (Lipinski definition) is 3. The van der Waals surface area contributed by atoms with E-state index in [1.54, 1.807) is 0 Å². The highest BCUT2D eigenvalue weighted by Gasteiger charge is 2.19. The van der Waals surface area contributed by atoms with Crippen molar-refractivity contribution in [3.63, 3.8) is 0 Å².